The van der Waals surface area contributed by atoms with Gasteiger partial charge in [-0.25, -0.2) is 8.42 Å². The van der Waals surface area contributed by atoms with Gasteiger partial charge in [-0.2, -0.15) is 4.31 Å². The number of hydrogen-bond acceptors (Lipinski definition) is 3. The van der Waals surface area contributed by atoms with Crippen molar-refractivity contribution in [3.8, 4) is 5.75 Å². The van der Waals surface area contributed by atoms with Crippen LogP contribution in [0.3, 0.4) is 0 Å². The molecule has 0 atom stereocenters. The van der Waals surface area contributed by atoms with Gasteiger partial charge in [0.05, 0.1) is 31.1 Å². The van der Waals surface area contributed by atoms with E-state index in [9.17, 15) is 13.5 Å². The highest BCUT2D eigenvalue weighted by Crippen LogP contribution is 2.21. The highest BCUT2D eigenvalue weighted by molar-refractivity contribution is 7.89. The summed E-state index contributed by atoms with van der Waals surface area (Å²) in [6.45, 7) is 9.15. The number of nitrogens with one attached hydrogen (secondary N) is 1. The molecule has 0 radical (unpaired) electrons. The smallest absolute Gasteiger partial charge is 0.243 e. The standard InChI is InChI=1S/C20H26N2O3S/c1-15-4-6-19(7-5-15)26(24,25)22-10-8-21(9-11-22)14-18-12-16(2)17(3)13-20(18)23/h4-7,12-13,23H,8-11,14H2,1-3H3/p+1. The number of piperazine rings is 1. The number of aryl methyl sites for hydroxylation is 3. The van der Waals surface area contributed by atoms with Gasteiger partial charge >= 0.3 is 0 Å². The van der Waals surface area contributed by atoms with E-state index in [1.165, 1.54) is 4.90 Å². The van der Waals surface area contributed by atoms with E-state index in [1.54, 1.807) is 16.4 Å². The zero-order chi connectivity index (χ0) is 18.9. The van der Waals surface area contributed by atoms with Gasteiger partial charge in [0.25, 0.3) is 0 Å². The van der Waals surface area contributed by atoms with Crippen LogP contribution in [0.1, 0.15) is 22.3 Å². The summed E-state index contributed by atoms with van der Waals surface area (Å²) in [7, 11) is -3.42. The third kappa shape index (κ3) is 3.92. The summed E-state index contributed by atoms with van der Waals surface area (Å²) in [5.41, 5.74) is 4.22. The normalized spacial score (nSPS) is 16.7. The molecule has 1 saturated heterocycles. The van der Waals surface area contributed by atoms with Gasteiger partial charge in [-0.3, -0.25) is 0 Å². The number of aromatic hydroxyl groups is 1. The average Bonchev–Trinajstić information content (AvgIpc) is 2.60. The molecule has 0 aliphatic carbocycles. The van der Waals surface area contributed by atoms with Crippen molar-refractivity contribution >= 4 is 10.0 Å². The molecular formula is C20H27N2O3S+. The number of quaternary nitrogens is 1. The summed E-state index contributed by atoms with van der Waals surface area (Å²) in [5.74, 6) is 0.329. The van der Waals surface area contributed by atoms with Gasteiger partial charge in [0.1, 0.15) is 12.3 Å². The molecule has 0 amide bonds. The maximum Gasteiger partial charge on any atom is 0.243 e. The summed E-state index contributed by atoms with van der Waals surface area (Å²) < 4.78 is 27.1. The number of benzene rings is 2. The van der Waals surface area contributed by atoms with Crippen molar-refractivity contribution in [1.82, 2.24) is 4.31 Å². The number of rotatable bonds is 4. The topological polar surface area (TPSA) is 62.0 Å². The Bertz CT molecular complexity index is 884. The SMILES string of the molecule is Cc1ccc(S(=O)(=O)N2CC[NH+](Cc3cc(C)c(C)cc3O)CC2)cc1. The fourth-order valence-corrected chi connectivity index (χ4v) is 4.79. The lowest BCUT2D eigenvalue weighted by atomic mass is 10.0. The molecule has 2 aromatic carbocycles. The molecule has 0 bridgehead atoms. The lowest BCUT2D eigenvalue weighted by Gasteiger charge is -2.31. The molecule has 2 N–H and O–H groups in total. The van der Waals surface area contributed by atoms with Crippen LogP contribution < -0.4 is 4.90 Å². The van der Waals surface area contributed by atoms with Crippen LogP contribution in [-0.2, 0) is 16.6 Å². The molecule has 1 aliphatic heterocycles. The lowest BCUT2D eigenvalue weighted by Crippen LogP contribution is -3.13. The fraction of sp³-hybridized carbons (Fsp3) is 0.400. The maximum absolute atomic E-state index is 12.8. The van der Waals surface area contributed by atoms with Gasteiger partial charge in [0.15, 0.2) is 0 Å². The van der Waals surface area contributed by atoms with E-state index in [1.807, 2.05) is 45.0 Å². The number of nitrogens with zero attached hydrogens (tertiary/aromatic N) is 1. The molecule has 2 aromatic rings. The lowest BCUT2D eigenvalue weighted by molar-refractivity contribution is -0.917. The second-order valence-electron chi connectivity index (χ2n) is 7.21. The Balaban J connectivity index is 1.66. The van der Waals surface area contributed by atoms with E-state index < -0.39 is 10.0 Å². The molecule has 1 aliphatic rings. The molecule has 0 saturated carbocycles. The van der Waals surface area contributed by atoms with Crippen LogP contribution in [0.5, 0.6) is 5.75 Å². The number of sulfonamides is 1. The predicted molar refractivity (Wildman–Crippen MR) is 102 cm³/mol. The van der Waals surface area contributed by atoms with Crippen LogP contribution in [0.4, 0.5) is 0 Å². The Morgan fingerprint density at radius 2 is 1.58 bits per heavy atom. The first-order chi connectivity index (χ1) is 12.3. The minimum Gasteiger partial charge on any atom is -0.507 e. The summed E-state index contributed by atoms with van der Waals surface area (Å²) in [6, 6.07) is 10.9. The van der Waals surface area contributed by atoms with Crippen molar-refractivity contribution < 1.29 is 18.4 Å². The molecule has 5 nitrogen and oxygen atoms in total. The van der Waals surface area contributed by atoms with Gasteiger partial charge in [-0.05, 0) is 56.2 Å². The van der Waals surface area contributed by atoms with Crippen LogP contribution in [0.2, 0.25) is 0 Å². The summed E-state index contributed by atoms with van der Waals surface area (Å²) in [6.07, 6.45) is 0. The average molecular weight is 376 g/mol. The molecule has 0 aromatic heterocycles. The van der Waals surface area contributed by atoms with Crippen molar-refractivity contribution in [2.24, 2.45) is 0 Å². The molecule has 3 rings (SSSR count). The second kappa shape index (κ2) is 7.39. The molecule has 26 heavy (non-hydrogen) atoms. The minimum atomic E-state index is -3.42. The number of phenolic OH excluding ortho intramolecular Hbond substituents is 1. The maximum atomic E-state index is 12.8. The van der Waals surface area contributed by atoms with Crippen LogP contribution in [0.25, 0.3) is 0 Å². The molecule has 0 spiro atoms. The van der Waals surface area contributed by atoms with E-state index in [0.717, 1.165) is 35.3 Å². The van der Waals surface area contributed by atoms with Crippen LogP contribution in [0, 0.1) is 20.8 Å². The number of hydrogen-bond donors (Lipinski definition) is 2. The van der Waals surface area contributed by atoms with Gasteiger partial charge in [-0.15, -0.1) is 0 Å². The Morgan fingerprint density at radius 3 is 2.19 bits per heavy atom. The number of phenols is 1. The predicted octanol–water partition coefficient (Wildman–Crippen LogP) is 1.41. The zero-order valence-corrected chi connectivity index (χ0v) is 16.4. The monoisotopic (exact) mass is 375 g/mol. The summed E-state index contributed by atoms with van der Waals surface area (Å²) in [4.78, 5) is 1.65. The third-order valence-corrected chi connectivity index (χ3v) is 7.14. The molecule has 0 unspecified atom stereocenters. The van der Waals surface area contributed by atoms with Crippen LogP contribution >= 0.6 is 0 Å². The highest BCUT2D eigenvalue weighted by atomic mass is 32.2. The Kier molecular flexibility index (Phi) is 5.37. The third-order valence-electron chi connectivity index (χ3n) is 5.22. The zero-order valence-electron chi connectivity index (χ0n) is 15.6. The Hall–Kier alpha value is -1.89. The molecule has 140 valence electrons. The highest BCUT2D eigenvalue weighted by Gasteiger charge is 2.30. The molecule has 1 heterocycles. The van der Waals surface area contributed by atoms with Crippen LogP contribution in [-0.4, -0.2) is 44.0 Å². The Morgan fingerprint density at radius 1 is 1.00 bits per heavy atom. The van der Waals surface area contributed by atoms with Gasteiger partial charge in [0, 0.05) is 5.56 Å². The summed E-state index contributed by atoms with van der Waals surface area (Å²) in [5, 5.41) is 10.2. The summed E-state index contributed by atoms with van der Waals surface area (Å²) >= 11 is 0. The quantitative estimate of drug-likeness (QED) is 0.849. The van der Waals surface area contributed by atoms with Gasteiger partial charge in [-0.1, -0.05) is 17.7 Å². The van der Waals surface area contributed by atoms with E-state index in [2.05, 4.69) is 0 Å². The van der Waals surface area contributed by atoms with Crippen molar-refractivity contribution in [1.29, 1.82) is 0 Å². The van der Waals surface area contributed by atoms with E-state index >= 15 is 0 Å². The first kappa shape index (κ1) is 18.9. The Labute approximate surface area is 155 Å². The minimum absolute atomic E-state index is 0.329. The van der Waals surface area contributed by atoms with E-state index in [-0.39, 0.29) is 0 Å². The van der Waals surface area contributed by atoms with Crippen molar-refractivity contribution in [2.75, 3.05) is 26.2 Å². The first-order valence-corrected chi connectivity index (χ1v) is 10.4. The molecule has 1 fully saturated rings. The van der Waals surface area contributed by atoms with Crippen molar-refractivity contribution in [2.45, 2.75) is 32.2 Å². The van der Waals surface area contributed by atoms with Gasteiger partial charge in [0.2, 0.25) is 10.0 Å². The van der Waals surface area contributed by atoms with E-state index in [4.69, 9.17) is 0 Å². The van der Waals surface area contributed by atoms with Crippen LogP contribution in [0.15, 0.2) is 41.3 Å². The van der Waals surface area contributed by atoms with Crippen molar-refractivity contribution in [3.63, 3.8) is 0 Å². The first-order valence-electron chi connectivity index (χ1n) is 8.97. The van der Waals surface area contributed by atoms with Crippen molar-refractivity contribution in [3.05, 3.63) is 58.7 Å². The molecule has 6 heteroatoms. The fourth-order valence-electron chi connectivity index (χ4n) is 3.35. The van der Waals surface area contributed by atoms with Gasteiger partial charge < -0.3 is 10.0 Å². The molecular weight excluding hydrogens is 348 g/mol. The largest absolute Gasteiger partial charge is 0.507 e. The second-order valence-corrected chi connectivity index (χ2v) is 9.15. The van der Waals surface area contributed by atoms with E-state index in [0.29, 0.717) is 30.3 Å².